The van der Waals surface area contributed by atoms with E-state index in [1.54, 1.807) is 7.11 Å². The summed E-state index contributed by atoms with van der Waals surface area (Å²) in [5.74, 6) is 0.140. The third-order valence-electron chi connectivity index (χ3n) is 1.31. The van der Waals surface area contributed by atoms with E-state index in [1.807, 2.05) is 16.2 Å². The van der Waals surface area contributed by atoms with Gasteiger partial charge in [-0.3, -0.25) is 4.79 Å². The molecule has 1 heterocycles. The summed E-state index contributed by atoms with van der Waals surface area (Å²) >= 11 is 2.91. The molecule has 0 saturated carbocycles. The second kappa shape index (κ2) is 4.91. The number of rotatable bonds is 3. The van der Waals surface area contributed by atoms with Gasteiger partial charge in [0.25, 0.3) is 0 Å². The smallest absolute Gasteiger partial charge is 0.173 e. The molecule has 0 N–H and O–H groups in total. The van der Waals surface area contributed by atoms with Gasteiger partial charge < -0.3 is 4.74 Å². The molecule has 2 nitrogen and oxygen atoms in total. The Morgan fingerprint density at radius 3 is 2.83 bits per heavy atom. The molecule has 0 aliphatic carbocycles. The number of halogens is 2. The fourth-order valence-corrected chi connectivity index (χ4v) is 2.85. The molecule has 0 radical (unpaired) electrons. The van der Waals surface area contributed by atoms with Crippen molar-refractivity contribution >= 4 is 46.5 Å². The van der Waals surface area contributed by atoms with Crippen LogP contribution in [0.5, 0.6) is 0 Å². The van der Waals surface area contributed by atoms with Gasteiger partial charge in [0, 0.05) is 5.57 Å². The summed E-state index contributed by atoms with van der Waals surface area (Å²) in [5.41, 5.74) is 0.806. The first kappa shape index (κ1) is 10.1. The fraction of sp³-hybridized carbons (Fsp3) is 0.250. The highest BCUT2D eigenvalue weighted by atomic mass is 127. The number of Topliss-reactive ketones (excluding diaryl/α,β-unsaturated/α-hetero) is 1. The predicted octanol–water partition coefficient (Wildman–Crippen LogP) is 2.15. The molecule has 1 rings (SSSR count). The zero-order chi connectivity index (χ0) is 8.97. The Morgan fingerprint density at radius 2 is 2.42 bits per heavy atom. The number of carbonyl (C=O) groups is 1. The van der Waals surface area contributed by atoms with Gasteiger partial charge in [-0.1, -0.05) is 15.9 Å². The van der Waals surface area contributed by atoms with Crippen LogP contribution in [-0.4, -0.2) is 22.2 Å². The molecule has 0 saturated heterocycles. The van der Waals surface area contributed by atoms with Crippen LogP contribution in [0.4, 0.5) is 0 Å². The molecule has 0 unspecified atom stereocenters. The highest BCUT2D eigenvalue weighted by Crippen LogP contribution is 2.20. The Kier molecular flexibility index (Phi) is 4.14. The van der Waals surface area contributed by atoms with Crippen molar-refractivity contribution in [3.8, 4) is 0 Å². The lowest BCUT2D eigenvalue weighted by atomic mass is 10.2. The van der Waals surface area contributed by atoms with Crippen molar-refractivity contribution in [2.24, 2.45) is 0 Å². The average Bonchev–Trinajstić information content (AvgIpc) is 2.17. The van der Waals surface area contributed by atoms with Crippen LogP contribution < -0.4 is 0 Å². The van der Waals surface area contributed by atoms with Crippen LogP contribution in [0.25, 0.3) is 0 Å². The van der Waals surface area contributed by atoms with Crippen LogP contribution in [0.2, 0.25) is 0 Å². The number of hydrogen-bond acceptors (Lipinski definition) is 2. The molecule has 0 aromatic rings. The first-order valence-electron chi connectivity index (χ1n) is 3.29. The van der Waals surface area contributed by atoms with E-state index in [4.69, 9.17) is 4.74 Å². The van der Waals surface area contributed by atoms with E-state index in [0.29, 0.717) is 5.33 Å². The van der Waals surface area contributed by atoms with E-state index in [1.165, 1.54) is 0 Å². The molecule has 4 heteroatoms. The molecule has 0 fully saturated rings. The van der Waals surface area contributed by atoms with Crippen molar-refractivity contribution in [3.63, 3.8) is 0 Å². The molecular formula is C8H8BrIO2. The van der Waals surface area contributed by atoms with Gasteiger partial charge in [0.15, 0.2) is 9.55 Å². The normalized spacial score (nSPS) is 15.8. The number of hydrogen-bond donors (Lipinski definition) is 0. The Hall–Kier alpha value is 0.0300. The van der Waals surface area contributed by atoms with E-state index in [9.17, 15) is 4.79 Å². The Balaban J connectivity index is 2.75. The maximum absolute atomic E-state index is 11.2. The summed E-state index contributed by atoms with van der Waals surface area (Å²) < 4.78 is 8.05. The van der Waals surface area contributed by atoms with Crippen molar-refractivity contribution in [2.75, 3.05) is 12.4 Å². The highest BCUT2D eigenvalue weighted by molar-refractivity contribution is 14.2. The van der Waals surface area contributed by atoms with Crippen molar-refractivity contribution in [3.05, 3.63) is 21.5 Å². The van der Waals surface area contributed by atoms with E-state index in [-0.39, 0.29) is 26.5 Å². The minimum absolute atomic E-state index is 0.140. The lowest BCUT2D eigenvalue weighted by molar-refractivity contribution is -0.112. The van der Waals surface area contributed by atoms with Gasteiger partial charge in [-0.25, -0.2) is 0 Å². The van der Waals surface area contributed by atoms with E-state index < -0.39 is 0 Å². The first-order chi connectivity index (χ1) is 5.77. The van der Waals surface area contributed by atoms with E-state index in [0.717, 1.165) is 9.34 Å². The summed E-state index contributed by atoms with van der Waals surface area (Å²) in [5, 5.41) is 0.398. The molecule has 0 spiro atoms. The number of alkyl halides is 1. The third-order valence-corrected chi connectivity index (χ3v) is 4.22. The lowest BCUT2D eigenvalue weighted by Gasteiger charge is -2.03. The second-order valence-corrected chi connectivity index (χ2v) is 4.94. The number of methoxy groups -OCH3 is 1. The number of allylic oxidation sites excluding steroid dienone is 3. The van der Waals surface area contributed by atoms with Gasteiger partial charge in [-0.2, -0.15) is 0 Å². The minimum Gasteiger partial charge on any atom is -0.491 e. The van der Waals surface area contributed by atoms with Gasteiger partial charge >= 0.3 is 0 Å². The number of ketones is 1. The summed E-state index contributed by atoms with van der Waals surface area (Å²) in [6, 6.07) is 0. The fourth-order valence-electron chi connectivity index (χ4n) is 0.684. The number of carbonyl (C=O) groups excluding carboxylic acids is 1. The van der Waals surface area contributed by atoms with Crippen LogP contribution in [0, 0.1) is 0 Å². The molecule has 0 aromatic heterocycles. The summed E-state index contributed by atoms with van der Waals surface area (Å²) in [6.07, 6.45) is 3.69. The van der Waals surface area contributed by atoms with Crippen LogP contribution in [0.3, 0.4) is 0 Å². The maximum atomic E-state index is 11.2. The molecule has 0 bridgehead atoms. The molecule has 1 aliphatic rings. The summed E-state index contributed by atoms with van der Waals surface area (Å²) in [4.78, 5) is 11.2. The summed E-state index contributed by atoms with van der Waals surface area (Å²) in [7, 11) is 1.66. The van der Waals surface area contributed by atoms with Crippen LogP contribution in [0.15, 0.2) is 21.5 Å². The van der Waals surface area contributed by atoms with Crippen molar-refractivity contribution < 1.29 is 9.53 Å². The molecule has 0 atom stereocenters. The maximum Gasteiger partial charge on any atom is 0.173 e. The number of ether oxygens (including phenoxy) is 1. The van der Waals surface area contributed by atoms with Crippen molar-refractivity contribution in [2.45, 2.75) is 0 Å². The average molecular weight is 343 g/mol. The zero-order valence-electron chi connectivity index (χ0n) is 6.51. The van der Waals surface area contributed by atoms with E-state index in [2.05, 4.69) is 15.9 Å². The van der Waals surface area contributed by atoms with Crippen molar-refractivity contribution in [1.82, 2.24) is 0 Å². The first-order valence-corrected chi connectivity index (χ1v) is 6.74. The van der Waals surface area contributed by atoms with Gasteiger partial charge in [-0.05, 0) is 36.9 Å². The lowest BCUT2D eigenvalue weighted by Crippen LogP contribution is -2.05. The van der Waals surface area contributed by atoms with Crippen molar-refractivity contribution in [1.29, 1.82) is 0 Å². The van der Waals surface area contributed by atoms with Crippen LogP contribution >= 0.6 is 36.7 Å². The monoisotopic (exact) mass is 342 g/mol. The highest BCUT2D eigenvalue weighted by Gasteiger charge is 2.06. The Bertz CT molecular complexity index is 279. The molecule has 1 aliphatic heterocycles. The molecule has 66 valence electrons. The topological polar surface area (TPSA) is 26.3 Å². The summed E-state index contributed by atoms with van der Waals surface area (Å²) in [6.45, 7) is 0. The van der Waals surface area contributed by atoms with Gasteiger partial charge in [0.2, 0.25) is 0 Å². The van der Waals surface area contributed by atoms with Gasteiger partial charge in [0.1, 0.15) is 0 Å². The standard InChI is InChI=1S/C8H8BrIO2/c1-12-8-3-2-6(5-10-8)7(11)4-9/h2-3,5H,4H2,1H3. The Labute approximate surface area is 89.5 Å². The van der Waals surface area contributed by atoms with E-state index >= 15 is 0 Å². The van der Waals surface area contributed by atoms with Crippen LogP contribution in [0.1, 0.15) is 0 Å². The van der Waals surface area contributed by atoms with Gasteiger partial charge in [0.05, 0.1) is 12.4 Å². The molecule has 0 amide bonds. The third kappa shape index (κ3) is 2.52. The minimum atomic E-state index is -0.227. The molecule has 0 aromatic carbocycles. The predicted molar refractivity (Wildman–Crippen MR) is 62.1 cm³/mol. The molecular weight excluding hydrogens is 335 g/mol. The van der Waals surface area contributed by atoms with Gasteiger partial charge in [-0.15, -0.1) is 0 Å². The largest absolute Gasteiger partial charge is 0.491 e. The second-order valence-electron chi connectivity index (χ2n) is 2.07. The molecule has 12 heavy (non-hydrogen) atoms. The SMILES string of the molecule is COC1=CC=C(C(=O)CBr)C=I1. The van der Waals surface area contributed by atoms with Crippen LogP contribution in [-0.2, 0) is 9.53 Å². The quantitative estimate of drug-likeness (QED) is 0.580. The Morgan fingerprint density at radius 1 is 1.67 bits per heavy atom. The zero-order valence-corrected chi connectivity index (χ0v) is 10.3.